The fourth-order valence-electron chi connectivity index (χ4n) is 1.27. The summed E-state index contributed by atoms with van der Waals surface area (Å²) in [4.78, 5) is 11.0. The first-order valence-electron chi connectivity index (χ1n) is 4.87. The molecule has 0 saturated carbocycles. The molecule has 0 fully saturated rings. The normalized spacial score (nSPS) is 11.2. The molecule has 1 aromatic carbocycles. The lowest BCUT2D eigenvalue weighted by atomic mass is 10.1. The summed E-state index contributed by atoms with van der Waals surface area (Å²) in [6, 6.07) is 5.21. The lowest BCUT2D eigenvalue weighted by Gasteiger charge is -2.12. The van der Waals surface area contributed by atoms with Gasteiger partial charge in [0, 0.05) is 13.0 Å². The highest BCUT2D eigenvalue weighted by Crippen LogP contribution is 2.31. The first-order chi connectivity index (χ1) is 7.45. The van der Waals surface area contributed by atoms with Crippen molar-refractivity contribution in [2.24, 2.45) is 0 Å². The minimum atomic E-state index is -4.38. The number of carbonyl (C=O) groups excluding carboxylic acids is 1. The van der Waals surface area contributed by atoms with Crippen LogP contribution in [-0.2, 0) is 17.5 Å². The molecule has 0 spiro atoms. The summed E-state index contributed by atoms with van der Waals surface area (Å²) in [5, 5.41) is 2.42. The van der Waals surface area contributed by atoms with Crippen LogP contribution in [0.1, 0.15) is 24.5 Å². The standard InChI is InChI=1S/C11H12F3NO/c1-2-10(16)15-7-8-5-3-4-6-9(8)11(12,13)14/h3-6H,2,7H2,1H3,(H,15,16). The molecule has 0 atom stereocenters. The molecule has 1 amide bonds. The lowest BCUT2D eigenvalue weighted by Crippen LogP contribution is -2.23. The van der Waals surface area contributed by atoms with Gasteiger partial charge < -0.3 is 5.32 Å². The number of hydrogen-bond donors (Lipinski definition) is 1. The third-order valence-electron chi connectivity index (χ3n) is 2.12. The second-order valence-corrected chi connectivity index (χ2v) is 3.29. The van der Waals surface area contributed by atoms with Crippen LogP contribution in [0.3, 0.4) is 0 Å². The smallest absolute Gasteiger partial charge is 0.352 e. The molecule has 0 bridgehead atoms. The summed E-state index contributed by atoms with van der Waals surface area (Å²) in [6.45, 7) is 1.55. The maximum atomic E-state index is 12.5. The topological polar surface area (TPSA) is 29.1 Å². The number of rotatable bonds is 3. The highest BCUT2D eigenvalue weighted by atomic mass is 19.4. The van der Waals surface area contributed by atoms with Crippen molar-refractivity contribution in [3.8, 4) is 0 Å². The second-order valence-electron chi connectivity index (χ2n) is 3.29. The highest BCUT2D eigenvalue weighted by molar-refractivity contribution is 5.75. The van der Waals surface area contributed by atoms with E-state index in [0.29, 0.717) is 0 Å². The molecule has 0 aliphatic carbocycles. The van der Waals surface area contributed by atoms with E-state index < -0.39 is 11.7 Å². The van der Waals surface area contributed by atoms with E-state index >= 15 is 0 Å². The van der Waals surface area contributed by atoms with Crippen LogP contribution in [0, 0.1) is 0 Å². The number of amides is 1. The average molecular weight is 231 g/mol. The van der Waals surface area contributed by atoms with Gasteiger partial charge in [-0.1, -0.05) is 25.1 Å². The number of halogens is 3. The Hall–Kier alpha value is -1.52. The highest BCUT2D eigenvalue weighted by Gasteiger charge is 2.32. The molecule has 1 aromatic rings. The van der Waals surface area contributed by atoms with Crippen LogP contribution in [0.5, 0.6) is 0 Å². The minimum Gasteiger partial charge on any atom is -0.352 e. The van der Waals surface area contributed by atoms with Gasteiger partial charge in [-0.15, -0.1) is 0 Å². The molecule has 0 saturated heterocycles. The summed E-state index contributed by atoms with van der Waals surface area (Å²) >= 11 is 0. The zero-order valence-electron chi connectivity index (χ0n) is 8.77. The van der Waals surface area contributed by atoms with Crippen LogP contribution in [0.2, 0.25) is 0 Å². The van der Waals surface area contributed by atoms with Gasteiger partial charge in [0.05, 0.1) is 5.56 Å². The zero-order chi connectivity index (χ0) is 12.2. The largest absolute Gasteiger partial charge is 0.416 e. The van der Waals surface area contributed by atoms with Crippen LogP contribution in [-0.4, -0.2) is 5.91 Å². The van der Waals surface area contributed by atoms with E-state index in [-0.39, 0.29) is 24.4 Å². The lowest BCUT2D eigenvalue weighted by molar-refractivity contribution is -0.138. The SMILES string of the molecule is CCC(=O)NCc1ccccc1C(F)(F)F. The van der Waals surface area contributed by atoms with E-state index in [1.807, 2.05) is 0 Å². The molecule has 5 heteroatoms. The molecule has 0 radical (unpaired) electrons. The summed E-state index contributed by atoms with van der Waals surface area (Å²) in [6.07, 6.45) is -4.12. The number of hydrogen-bond acceptors (Lipinski definition) is 1. The van der Waals surface area contributed by atoms with E-state index in [1.54, 1.807) is 6.92 Å². The maximum Gasteiger partial charge on any atom is 0.416 e. The first-order valence-corrected chi connectivity index (χ1v) is 4.87. The summed E-state index contributed by atoms with van der Waals surface area (Å²) in [7, 11) is 0. The van der Waals surface area contributed by atoms with Crippen molar-refractivity contribution in [3.63, 3.8) is 0 Å². The number of nitrogens with one attached hydrogen (secondary N) is 1. The molecular formula is C11H12F3NO. The quantitative estimate of drug-likeness (QED) is 0.851. The number of alkyl halides is 3. The predicted octanol–water partition coefficient (Wildman–Crippen LogP) is 2.73. The van der Waals surface area contributed by atoms with Crippen LogP contribution in [0.15, 0.2) is 24.3 Å². The summed E-state index contributed by atoms with van der Waals surface area (Å²) in [5.74, 6) is -0.267. The van der Waals surface area contributed by atoms with E-state index in [1.165, 1.54) is 18.2 Å². The third kappa shape index (κ3) is 3.25. The van der Waals surface area contributed by atoms with Crippen molar-refractivity contribution in [2.75, 3.05) is 0 Å². The Morgan fingerprint density at radius 2 is 1.94 bits per heavy atom. The van der Waals surface area contributed by atoms with Crippen molar-refractivity contribution in [1.82, 2.24) is 5.32 Å². The van der Waals surface area contributed by atoms with Gasteiger partial charge in [-0.05, 0) is 11.6 Å². The van der Waals surface area contributed by atoms with Gasteiger partial charge in [0.15, 0.2) is 0 Å². The van der Waals surface area contributed by atoms with E-state index in [0.717, 1.165) is 6.07 Å². The average Bonchev–Trinajstić information content (AvgIpc) is 2.25. The Bertz CT molecular complexity index is 374. The Labute approximate surface area is 91.5 Å². The number of carbonyl (C=O) groups is 1. The van der Waals surface area contributed by atoms with Gasteiger partial charge in [-0.3, -0.25) is 4.79 Å². The van der Waals surface area contributed by atoms with Gasteiger partial charge >= 0.3 is 6.18 Å². The van der Waals surface area contributed by atoms with Crippen molar-refractivity contribution < 1.29 is 18.0 Å². The van der Waals surface area contributed by atoms with E-state index in [4.69, 9.17) is 0 Å². The molecule has 0 aliphatic heterocycles. The first kappa shape index (κ1) is 12.5. The van der Waals surface area contributed by atoms with Crippen molar-refractivity contribution >= 4 is 5.91 Å². The molecule has 1 rings (SSSR count). The van der Waals surface area contributed by atoms with Crippen molar-refractivity contribution in [3.05, 3.63) is 35.4 Å². The Balaban J connectivity index is 2.84. The Morgan fingerprint density at radius 3 is 2.50 bits per heavy atom. The summed E-state index contributed by atoms with van der Waals surface area (Å²) < 4.78 is 37.6. The van der Waals surface area contributed by atoms with Gasteiger partial charge in [-0.25, -0.2) is 0 Å². The fourth-order valence-corrected chi connectivity index (χ4v) is 1.27. The monoisotopic (exact) mass is 231 g/mol. The minimum absolute atomic E-state index is 0.0804. The molecular weight excluding hydrogens is 219 g/mol. The molecule has 0 heterocycles. The number of benzene rings is 1. The van der Waals surface area contributed by atoms with Crippen molar-refractivity contribution in [1.29, 1.82) is 0 Å². The molecule has 0 aromatic heterocycles. The van der Waals surface area contributed by atoms with Gasteiger partial charge in [0.1, 0.15) is 0 Å². The van der Waals surface area contributed by atoms with Gasteiger partial charge in [0.25, 0.3) is 0 Å². The molecule has 2 nitrogen and oxygen atoms in total. The molecule has 88 valence electrons. The van der Waals surface area contributed by atoms with Gasteiger partial charge in [-0.2, -0.15) is 13.2 Å². The van der Waals surface area contributed by atoms with Crippen LogP contribution >= 0.6 is 0 Å². The van der Waals surface area contributed by atoms with Crippen LogP contribution in [0.4, 0.5) is 13.2 Å². The van der Waals surface area contributed by atoms with E-state index in [2.05, 4.69) is 5.32 Å². The molecule has 0 aliphatic rings. The predicted molar refractivity (Wildman–Crippen MR) is 53.6 cm³/mol. The maximum absolute atomic E-state index is 12.5. The van der Waals surface area contributed by atoms with E-state index in [9.17, 15) is 18.0 Å². The second kappa shape index (κ2) is 5.01. The Kier molecular flexibility index (Phi) is 3.93. The van der Waals surface area contributed by atoms with Crippen LogP contribution < -0.4 is 5.32 Å². The van der Waals surface area contributed by atoms with Crippen molar-refractivity contribution in [2.45, 2.75) is 26.1 Å². The van der Waals surface area contributed by atoms with Gasteiger partial charge in [0.2, 0.25) is 5.91 Å². The van der Waals surface area contributed by atoms with Crippen LogP contribution in [0.25, 0.3) is 0 Å². The third-order valence-corrected chi connectivity index (χ3v) is 2.12. The molecule has 1 N–H and O–H groups in total. The molecule has 16 heavy (non-hydrogen) atoms. The summed E-state index contributed by atoms with van der Waals surface area (Å²) in [5.41, 5.74) is -0.622. The Morgan fingerprint density at radius 1 is 1.31 bits per heavy atom. The fraction of sp³-hybridized carbons (Fsp3) is 0.364. The zero-order valence-corrected chi connectivity index (χ0v) is 8.77. The molecule has 0 unspecified atom stereocenters.